The Labute approximate surface area is 201 Å². The van der Waals surface area contributed by atoms with E-state index in [4.69, 9.17) is 27.9 Å². The molecule has 0 aliphatic rings. The Morgan fingerprint density at radius 3 is 2.55 bits per heavy atom. The van der Waals surface area contributed by atoms with Gasteiger partial charge in [-0.1, -0.05) is 29.3 Å². The molecule has 1 heterocycles. The molecule has 0 bridgehead atoms. The Bertz CT molecular complexity index is 1060. The first-order chi connectivity index (χ1) is 14.4. The van der Waals surface area contributed by atoms with Gasteiger partial charge in [-0.15, -0.1) is 0 Å². The molecule has 0 aliphatic carbocycles. The zero-order valence-corrected chi connectivity index (χ0v) is 17.3. The summed E-state index contributed by atoms with van der Waals surface area (Å²) in [6.45, 7) is 0.417. The predicted molar refractivity (Wildman–Crippen MR) is 123 cm³/mol. The molecule has 9 heteroatoms. The molecule has 0 unspecified atom stereocenters. The third kappa shape index (κ3) is 7.02. The van der Waals surface area contributed by atoms with Crippen molar-refractivity contribution >= 4 is 59.6 Å². The topological polar surface area (TPSA) is 88.5 Å². The Morgan fingerprint density at radius 2 is 1.87 bits per heavy atom. The molecule has 6 nitrogen and oxygen atoms in total. The second-order valence-corrected chi connectivity index (χ2v) is 7.25. The van der Waals surface area contributed by atoms with Crippen molar-refractivity contribution in [2.45, 2.75) is 12.8 Å². The van der Waals surface area contributed by atoms with E-state index in [-0.39, 0.29) is 40.7 Å². The molecule has 2 N–H and O–H groups in total. The summed E-state index contributed by atoms with van der Waals surface area (Å²) in [4.78, 5) is 28.2. The molecule has 156 valence electrons. The maximum absolute atomic E-state index is 12.5. The van der Waals surface area contributed by atoms with Gasteiger partial charge < -0.3 is 15.2 Å². The van der Waals surface area contributed by atoms with Gasteiger partial charge in [0.1, 0.15) is 5.75 Å². The number of ether oxygens (including phenoxy) is 1. The van der Waals surface area contributed by atoms with Crippen molar-refractivity contribution < 1.29 is 19.4 Å². The molecular weight excluding hydrogens is 434 g/mol. The molecule has 3 rings (SSSR count). The first kappa shape index (κ1) is 24.8. The van der Waals surface area contributed by atoms with E-state index in [0.717, 1.165) is 18.4 Å². The molecule has 0 fully saturated rings. The van der Waals surface area contributed by atoms with Gasteiger partial charge in [0.15, 0.2) is 0 Å². The van der Waals surface area contributed by atoms with Crippen LogP contribution in [0.25, 0.3) is 0 Å². The van der Waals surface area contributed by atoms with Gasteiger partial charge in [0.05, 0.1) is 28.4 Å². The molecule has 0 atom stereocenters. The molecule has 0 saturated carbocycles. The summed E-state index contributed by atoms with van der Waals surface area (Å²) in [6.07, 6.45) is 5.07. The zero-order valence-electron chi connectivity index (χ0n) is 15.8. The number of halogens is 2. The molecule has 0 radical (unpaired) electrons. The standard InChI is InChI=1S/C22H18Cl2N2O4.Li.H/c23-15-5-7-17(19(24)11-15)21(27)26-20-8-6-16(12-18(20)22(28)29)30-10-2-4-14-3-1-9-25-13-14;;/h1,3,5-9,11-13H,2,4,10H2,(H,26,27)(H,28,29);;. The number of carbonyl (C=O) groups is 2. The fourth-order valence-electron chi connectivity index (χ4n) is 2.77. The summed E-state index contributed by atoms with van der Waals surface area (Å²) >= 11 is 11.9. The van der Waals surface area contributed by atoms with Crippen molar-refractivity contribution in [2.75, 3.05) is 11.9 Å². The molecule has 0 spiro atoms. The number of carboxylic acid groups (broad SMARTS) is 1. The summed E-state index contributed by atoms with van der Waals surface area (Å²) in [6, 6.07) is 12.8. The predicted octanol–water partition coefficient (Wildman–Crippen LogP) is 4.70. The maximum atomic E-state index is 12.5. The van der Waals surface area contributed by atoms with E-state index in [0.29, 0.717) is 17.4 Å². The van der Waals surface area contributed by atoms with Gasteiger partial charge in [-0.25, -0.2) is 4.79 Å². The van der Waals surface area contributed by atoms with Crippen molar-refractivity contribution in [3.63, 3.8) is 0 Å². The number of hydrogen-bond donors (Lipinski definition) is 2. The number of hydrogen-bond acceptors (Lipinski definition) is 4. The first-order valence-corrected chi connectivity index (χ1v) is 9.85. The van der Waals surface area contributed by atoms with Crippen LogP contribution in [-0.4, -0.2) is 47.4 Å². The van der Waals surface area contributed by atoms with Crippen molar-refractivity contribution in [1.82, 2.24) is 4.98 Å². The molecule has 1 aromatic heterocycles. The zero-order chi connectivity index (χ0) is 21.5. The number of amides is 1. The van der Waals surface area contributed by atoms with Crippen LogP contribution in [0.1, 0.15) is 32.7 Å². The number of carboxylic acids is 1. The Balaban J connectivity index is 0.00000341. The monoisotopic (exact) mass is 452 g/mol. The van der Waals surface area contributed by atoms with Crippen molar-refractivity contribution in [2.24, 2.45) is 0 Å². The van der Waals surface area contributed by atoms with Gasteiger partial charge in [-0.05, 0) is 60.9 Å². The second kappa shape index (κ2) is 11.8. The van der Waals surface area contributed by atoms with E-state index in [2.05, 4.69) is 10.3 Å². The van der Waals surface area contributed by atoms with E-state index < -0.39 is 11.9 Å². The third-order valence-electron chi connectivity index (χ3n) is 4.25. The summed E-state index contributed by atoms with van der Waals surface area (Å²) in [5.74, 6) is -1.32. The van der Waals surface area contributed by atoms with Gasteiger partial charge in [0, 0.05) is 17.4 Å². The number of anilines is 1. The average molecular weight is 453 g/mol. The van der Waals surface area contributed by atoms with E-state index in [1.807, 2.05) is 12.1 Å². The number of nitrogens with one attached hydrogen (secondary N) is 1. The summed E-state index contributed by atoms with van der Waals surface area (Å²) in [5, 5.41) is 12.7. The fourth-order valence-corrected chi connectivity index (χ4v) is 3.27. The van der Waals surface area contributed by atoms with Crippen LogP contribution in [0.3, 0.4) is 0 Å². The number of aromatic carboxylic acids is 1. The number of carbonyl (C=O) groups excluding carboxylic acids is 1. The minimum atomic E-state index is -1.19. The van der Waals surface area contributed by atoms with Gasteiger partial charge in [-0.2, -0.15) is 0 Å². The number of benzene rings is 2. The molecule has 31 heavy (non-hydrogen) atoms. The Morgan fingerprint density at radius 1 is 1.06 bits per heavy atom. The van der Waals surface area contributed by atoms with E-state index in [1.54, 1.807) is 18.5 Å². The molecule has 0 saturated heterocycles. The first-order valence-electron chi connectivity index (χ1n) is 9.09. The van der Waals surface area contributed by atoms with Gasteiger partial charge >= 0.3 is 24.8 Å². The number of nitrogens with zero attached hydrogens (tertiary/aromatic N) is 1. The van der Waals surface area contributed by atoms with Gasteiger partial charge in [0.25, 0.3) is 5.91 Å². The third-order valence-corrected chi connectivity index (χ3v) is 4.79. The minimum absolute atomic E-state index is 0. The normalized spacial score (nSPS) is 10.1. The molecule has 3 aromatic rings. The molecular formula is C22H19Cl2LiN2O4. The van der Waals surface area contributed by atoms with Crippen LogP contribution in [0.5, 0.6) is 5.75 Å². The Kier molecular flexibility index (Phi) is 9.41. The quantitative estimate of drug-likeness (QED) is 0.381. The van der Waals surface area contributed by atoms with Crippen LogP contribution in [-0.2, 0) is 6.42 Å². The molecule has 1 amide bonds. The number of aromatic nitrogens is 1. The number of rotatable bonds is 8. The van der Waals surface area contributed by atoms with Crippen LogP contribution in [0.4, 0.5) is 5.69 Å². The van der Waals surface area contributed by atoms with Crippen molar-refractivity contribution in [1.29, 1.82) is 0 Å². The van der Waals surface area contributed by atoms with E-state index in [9.17, 15) is 14.7 Å². The van der Waals surface area contributed by atoms with E-state index in [1.165, 1.54) is 30.3 Å². The van der Waals surface area contributed by atoms with Crippen LogP contribution < -0.4 is 10.1 Å². The fraction of sp³-hybridized carbons (Fsp3) is 0.136. The Hall–Kier alpha value is -2.49. The SMILES string of the molecule is O=C(Nc1ccc(OCCCc2cccnc2)cc1C(=O)O)c1ccc(Cl)cc1Cl.[LiH]. The summed E-state index contributed by atoms with van der Waals surface area (Å²) in [5.41, 5.74) is 1.35. The van der Waals surface area contributed by atoms with Crippen molar-refractivity contribution in [3.05, 3.63) is 87.7 Å². The van der Waals surface area contributed by atoms with Gasteiger partial charge in [-0.3, -0.25) is 9.78 Å². The summed E-state index contributed by atoms with van der Waals surface area (Å²) < 4.78 is 5.66. The summed E-state index contributed by atoms with van der Waals surface area (Å²) in [7, 11) is 0. The van der Waals surface area contributed by atoms with Crippen LogP contribution >= 0.6 is 23.2 Å². The van der Waals surface area contributed by atoms with Crippen LogP contribution in [0.2, 0.25) is 10.0 Å². The van der Waals surface area contributed by atoms with Gasteiger partial charge in [0.2, 0.25) is 0 Å². The second-order valence-electron chi connectivity index (χ2n) is 6.40. The van der Waals surface area contributed by atoms with E-state index >= 15 is 0 Å². The van der Waals surface area contributed by atoms with Crippen LogP contribution in [0.15, 0.2) is 60.9 Å². The number of aryl methyl sites for hydroxylation is 1. The molecule has 0 aliphatic heterocycles. The molecule has 2 aromatic carbocycles. The average Bonchev–Trinajstić information content (AvgIpc) is 2.72. The number of pyridine rings is 1. The van der Waals surface area contributed by atoms with Crippen LogP contribution in [0, 0.1) is 0 Å². The van der Waals surface area contributed by atoms with Crippen molar-refractivity contribution in [3.8, 4) is 5.75 Å².